The maximum Gasteiger partial charge on any atom is 0.330 e. The van der Waals surface area contributed by atoms with Gasteiger partial charge >= 0.3 is 7.60 Å². The first-order valence-corrected chi connectivity index (χ1v) is 13.3. The molecular weight excluding hydrogens is 343 g/mol. The van der Waals surface area contributed by atoms with Gasteiger partial charge < -0.3 is 9.05 Å². The molecule has 0 rings (SSSR count). The summed E-state index contributed by atoms with van der Waals surface area (Å²) < 4.78 is 24.6. The molecule has 0 bridgehead atoms. The molecule has 0 spiro atoms. The Bertz CT molecular complexity index is 273. The van der Waals surface area contributed by atoms with E-state index in [4.69, 9.17) is 9.05 Å². The molecule has 0 aliphatic carbocycles. The third-order valence-electron chi connectivity index (χ3n) is 4.86. The zero-order valence-electron chi connectivity index (χ0n) is 18.1. The number of hydrogen-bond acceptors (Lipinski definition) is 3. The molecule has 0 saturated carbocycles. The molecule has 3 nitrogen and oxygen atoms in total. The molecule has 0 aliphatic heterocycles. The third-order valence-corrected chi connectivity index (χ3v) is 6.87. The van der Waals surface area contributed by atoms with Gasteiger partial charge in [0.1, 0.15) is 0 Å². The maximum absolute atomic E-state index is 13.0. The highest BCUT2D eigenvalue weighted by Gasteiger charge is 2.23. The maximum atomic E-state index is 13.0. The molecule has 0 atom stereocenters. The molecule has 0 fully saturated rings. The lowest BCUT2D eigenvalue weighted by Gasteiger charge is -2.19. The molecule has 0 amide bonds. The second-order valence-electron chi connectivity index (χ2n) is 7.60. The summed E-state index contributed by atoms with van der Waals surface area (Å²) in [5, 5.41) is 0. The Labute approximate surface area is 164 Å². The van der Waals surface area contributed by atoms with Crippen LogP contribution in [0.25, 0.3) is 0 Å². The molecule has 0 N–H and O–H groups in total. The van der Waals surface area contributed by atoms with Gasteiger partial charge in [-0.1, -0.05) is 104 Å². The summed E-state index contributed by atoms with van der Waals surface area (Å²) >= 11 is 0. The smallest absolute Gasteiger partial charge is 0.309 e. The topological polar surface area (TPSA) is 35.5 Å². The van der Waals surface area contributed by atoms with Crippen LogP contribution in [-0.2, 0) is 13.6 Å². The monoisotopic (exact) mass is 390 g/mol. The summed E-state index contributed by atoms with van der Waals surface area (Å²) in [5.41, 5.74) is 0. The Morgan fingerprint density at radius 2 is 0.846 bits per heavy atom. The predicted molar refractivity (Wildman–Crippen MR) is 115 cm³/mol. The second kappa shape index (κ2) is 19.9. The lowest BCUT2D eigenvalue weighted by atomic mass is 10.1. The Kier molecular flexibility index (Phi) is 20.0. The van der Waals surface area contributed by atoms with E-state index in [1.54, 1.807) is 0 Å². The van der Waals surface area contributed by atoms with Crippen molar-refractivity contribution in [3.63, 3.8) is 0 Å². The van der Waals surface area contributed by atoms with Crippen LogP contribution < -0.4 is 0 Å². The van der Waals surface area contributed by atoms with Crippen LogP contribution in [0, 0.1) is 0 Å². The average molecular weight is 391 g/mol. The minimum absolute atomic E-state index is 0.590. The number of hydrogen-bond donors (Lipinski definition) is 0. The number of unbranched alkanes of at least 4 members (excludes halogenated alkanes) is 13. The van der Waals surface area contributed by atoms with E-state index >= 15 is 0 Å². The zero-order chi connectivity index (χ0) is 19.3. The zero-order valence-corrected chi connectivity index (χ0v) is 19.0. The highest BCUT2D eigenvalue weighted by atomic mass is 31.2. The molecular formula is C22H47O3P. The molecule has 158 valence electrons. The molecule has 4 heteroatoms. The first-order chi connectivity index (χ1) is 12.7. The van der Waals surface area contributed by atoms with Crippen molar-refractivity contribution in [2.24, 2.45) is 0 Å². The van der Waals surface area contributed by atoms with Crippen molar-refractivity contribution in [3.8, 4) is 0 Å². The van der Waals surface area contributed by atoms with E-state index in [0.29, 0.717) is 19.4 Å². The highest BCUT2D eigenvalue weighted by molar-refractivity contribution is 7.53. The van der Waals surface area contributed by atoms with Gasteiger partial charge in [0.15, 0.2) is 0 Å². The van der Waals surface area contributed by atoms with Crippen molar-refractivity contribution in [2.45, 2.75) is 124 Å². The van der Waals surface area contributed by atoms with Crippen LogP contribution in [0.4, 0.5) is 0 Å². The van der Waals surface area contributed by atoms with Gasteiger partial charge in [-0.3, -0.25) is 4.57 Å². The molecule has 0 aromatic carbocycles. The van der Waals surface area contributed by atoms with E-state index in [1.165, 1.54) is 77.0 Å². The lowest BCUT2D eigenvalue weighted by Crippen LogP contribution is -2.03. The van der Waals surface area contributed by atoms with Crippen LogP contribution in [0.3, 0.4) is 0 Å². The van der Waals surface area contributed by atoms with Gasteiger partial charge in [0.2, 0.25) is 0 Å². The predicted octanol–water partition coefficient (Wildman–Crippen LogP) is 8.51. The fourth-order valence-corrected chi connectivity index (χ4v) is 4.83. The van der Waals surface area contributed by atoms with Gasteiger partial charge in [-0.2, -0.15) is 0 Å². The molecule has 0 radical (unpaired) electrons. The third kappa shape index (κ3) is 17.6. The molecule has 0 aliphatic rings. The van der Waals surface area contributed by atoms with Crippen LogP contribution >= 0.6 is 7.60 Å². The van der Waals surface area contributed by atoms with Gasteiger partial charge in [0.25, 0.3) is 0 Å². The normalized spacial score (nSPS) is 12.0. The Balaban J connectivity index is 4.04. The van der Waals surface area contributed by atoms with Crippen molar-refractivity contribution in [2.75, 3.05) is 19.4 Å². The Hall–Kier alpha value is 0.150. The van der Waals surface area contributed by atoms with E-state index in [9.17, 15) is 4.57 Å². The largest absolute Gasteiger partial charge is 0.330 e. The Morgan fingerprint density at radius 1 is 0.500 bits per heavy atom. The van der Waals surface area contributed by atoms with Crippen molar-refractivity contribution in [3.05, 3.63) is 0 Å². The molecule has 26 heavy (non-hydrogen) atoms. The quantitative estimate of drug-likeness (QED) is 0.145. The van der Waals surface area contributed by atoms with Crippen LogP contribution in [0.5, 0.6) is 0 Å². The first-order valence-electron chi connectivity index (χ1n) is 11.6. The van der Waals surface area contributed by atoms with Gasteiger partial charge in [-0.15, -0.1) is 0 Å². The fraction of sp³-hybridized carbons (Fsp3) is 1.00. The van der Waals surface area contributed by atoms with Crippen LogP contribution in [0.15, 0.2) is 0 Å². The van der Waals surface area contributed by atoms with Crippen molar-refractivity contribution in [1.29, 1.82) is 0 Å². The standard InChI is InChI=1S/C22H47O3P/c1-4-7-10-13-16-19-22-26(23,24-20-17-14-11-8-5-2)25-21-18-15-12-9-6-3/h4-22H2,1-3H3. The minimum Gasteiger partial charge on any atom is -0.309 e. The van der Waals surface area contributed by atoms with E-state index in [0.717, 1.165) is 25.7 Å². The van der Waals surface area contributed by atoms with E-state index in [-0.39, 0.29) is 0 Å². The highest BCUT2D eigenvalue weighted by Crippen LogP contribution is 2.49. The van der Waals surface area contributed by atoms with Gasteiger partial charge in [-0.25, -0.2) is 0 Å². The number of rotatable bonds is 21. The molecule has 0 unspecified atom stereocenters. The fourth-order valence-electron chi connectivity index (χ4n) is 3.07. The molecule has 0 heterocycles. The summed E-state index contributed by atoms with van der Waals surface area (Å²) in [5.74, 6) is 0. The molecule has 0 aromatic rings. The van der Waals surface area contributed by atoms with E-state index < -0.39 is 7.60 Å². The van der Waals surface area contributed by atoms with Crippen molar-refractivity contribution in [1.82, 2.24) is 0 Å². The summed E-state index contributed by atoms with van der Waals surface area (Å²) in [6, 6.07) is 0. The van der Waals surface area contributed by atoms with Gasteiger partial charge in [0.05, 0.1) is 19.4 Å². The summed E-state index contributed by atoms with van der Waals surface area (Å²) in [6.45, 7) is 7.86. The van der Waals surface area contributed by atoms with E-state index in [2.05, 4.69) is 20.8 Å². The summed E-state index contributed by atoms with van der Waals surface area (Å²) in [6.07, 6.45) is 19.7. The summed E-state index contributed by atoms with van der Waals surface area (Å²) in [7, 11) is -2.89. The van der Waals surface area contributed by atoms with E-state index in [1.807, 2.05) is 0 Å². The van der Waals surface area contributed by atoms with Crippen LogP contribution in [0.1, 0.15) is 124 Å². The lowest BCUT2D eigenvalue weighted by molar-refractivity contribution is 0.197. The minimum atomic E-state index is -2.89. The second-order valence-corrected chi connectivity index (χ2v) is 9.78. The van der Waals surface area contributed by atoms with Crippen molar-refractivity contribution >= 4 is 7.60 Å². The Morgan fingerprint density at radius 3 is 1.27 bits per heavy atom. The first kappa shape index (κ1) is 26.1. The molecule has 0 aromatic heterocycles. The van der Waals surface area contributed by atoms with Crippen molar-refractivity contribution < 1.29 is 13.6 Å². The van der Waals surface area contributed by atoms with Gasteiger partial charge in [-0.05, 0) is 19.3 Å². The van der Waals surface area contributed by atoms with Crippen LogP contribution in [-0.4, -0.2) is 19.4 Å². The SMILES string of the molecule is CCCCCCCCP(=O)(OCCCCCCC)OCCCCCCC. The molecule has 0 saturated heterocycles. The van der Waals surface area contributed by atoms with Crippen LogP contribution in [0.2, 0.25) is 0 Å². The van der Waals surface area contributed by atoms with Gasteiger partial charge in [0, 0.05) is 0 Å². The average Bonchev–Trinajstić information content (AvgIpc) is 2.64. The summed E-state index contributed by atoms with van der Waals surface area (Å²) in [4.78, 5) is 0.